The monoisotopic (exact) mass is 419 g/mol. The predicted molar refractivity (Wildman–Crippen MR) is 116 cm³/mol. The predicted octanol–water partition coefficient (Wildman–Crippen LogP) is 4.57. The molecule has 0 saturated heterocycles. The summed E-state index contributed by atoms with van der Waals surface area (Å²) < 4.78 is 0. The molecule has 7 nitrogen and oxygen atoms in total. The van der Waals surface area contributed by atoms with Gasteiger partial charge in [0.15, 0.2) is 5.78 Å². The molecule has 0 fully saturated rings. The van der Waals surface area contributed by atoms with Crippen LogP contribution in [0.25, 0.3) is 10.8 Å². The molecular weight excluding hydrogens is 406 g/mol. The van der Waals surface area contributed by atoms with Crippen LogP contribution >= 0.6 is 0 Å². The summed E-state index contributed by atoms with van der Waals surface area (Å²) in [5.41, 5.74) is -0.173. The van der Waals surface area contributed by atoms with Crippen molar-refractivity contribution in [1.82, 2.24) is 4.98 Å². The maximum absolute atomic E-state index is 13.2. The lowest BCUT2D eigenvalue weighted by molar-refractivity contribution is -0.385. The Morgan fingerprint density at radius 3 is 2.22 bits per heavy atom. The molecule has 1 aromatic heterocycles. The molecule has 0 aliphatic heterocycles. The van der Waals surface area contributed by atoms with Gasteiger partial charge in [0.25, 0.3) is 5.69 Å². The molecule has 3 aromatic carbocycles. The molecule has 1 atom stereocenters. The summed E-state index contributed by atoms with van der Waals surface area (Å²) >= 11 is 0. The van der Waals surface area contributed by atoms with E-state index in [9.17, 15) is 25.0 Å². The van der Waals surface area contributed by atoms with Crippen LogP contribution in [0.1, 0.15) is 49.0 Å². The minimum atomic E-state index is -1.09. The molecule has 0 saturated carbocycles. The van der Waals surface area contributed by atoms with E-state index in [1.807, 2.05) is 24.3 Å². The van der Waals surface area contributed by atoms with Crippen LogP contribution in [0.2, 0.25) is 0 Å². The molecule has 0 unspecified atom stereocenters. The van der Waals surface area contributed by atoms with Crippen molar-refractivity contribution in [1.29, 1.82) is 5.26 Å². The van der Waals surface area contributed by atoms with Crippen LogP contribution in [-0.2, 0) is 0 Å². The van der Waals surface area contributed by atoms with Crippen molar-refractivity contribution in [3.05, 3.63) is 117 Å². The minimum Gasteiger partial charge on any atom is -0.289 e. The highest BCUT2D eigenvalue weighted by Crippen LogP contribution is 2.39. The fourth-order valence-electron chi connectivity index (χ4n) is 4.17. The zero-order valence-corrected chi connectivity index (χ0v) is 16.5. The second kappa shape index (κ2) is 7.22. The number of ketones is 2. The summed E-state index contributed by atoms with van der Waals surface area (Å²) in [6, 6.07) is 20.2. The summed E-state index contributed by atoms with van der Waals surface area (Å²) in [6.07, 6.45) is 1.60. The van der Waals surface area contributed by atoms with Gasteiger partial charge in [-0.2, -0.15) is 5.26 Å². The Kier molecular flexibility index (Phi) is 4.35. The maximum atomic E-state index is 13.2. The number of carbonyl (C=O) groups excluding carboxylic acids is 2. The Morgan fingerprint density at radius 1 is 0.875 bits per heavy atom. The SMILES string of the molecule is N#C[C@H](c1cc2ccccc2cn1)c1ccc2c(c1[N+](=O)[O-])C(=O)c1ccccc1C2=O. The topological polar surface area (TPSA) is 114 Å². The third-order valence-corrected chi connectivity index (χ3v) is 5.67. The van der Waals surface area contributed by atoms with Gasteiger partial charge in [0.1, 0.15) is 11.5 Å². The number of hydrogen-bond donors (Lipinski definition) is 0. The fourth-order valence-corrected chi connectivity index (χ4v) is 4.17. The van der Waals surface area contributed by atoms with Gasteiger partial charge in [-0.1, -0.05) is 48.5 Å². The van der Waals surface area contributed by atoms with E-state index in [0.29, 0.717) is 5.69 Å². The first kappa shape index (κ1) is 19.3. The lowest BCUT2D eigenvalue weighted by Crippen LogP contribution is -2.23. The lowest BCUT2D eigenvalue weighted by atomic mass is 9.80. The highest BCUT2D eigenvalue weighted by Gasteiger charge is 2.39. The Morgan fingerprint density at radius 2 is 1.53 bits per heavy atom. The standard InChI is InChI=1S/C25H13N3O4/c26-12-20(21-11-14-5-1-2-6-15(14)13-27-21)16-9-10-19-22(23(16)28(31)32)25(30)18-8-4-3-7-17(18)24(19)29/h1-11,13,20H/t20-/m0/s1. The first-order valence-corrected chi connectivity index (χ1v) is 9.75. The van der Waals surface area contributed by atoms with E-state index >= 15 is 0 Å². The van der Waals surface area contributed by atoms with Crippen molar-refractivity contribution >= 4 is 28.0 Å². The Bertz CT molecular complexity index is 1520. The zero-order valence-electron chi connectivity index (χ0n) is 16.5. The summed E-state index contributed by atoms with van der Waals surface area (Å²) in [5, 5.41) is 23.8. The molecule has 7 heteroatoms. The van der Waals surface area contributed by atoms with Crippen LogP contribution in [0.15, 0.2) is 72.9 Å². The summed E-state index contributed by atoms with van der Waals surface area (Å²) in [6.45, 7) is 0. The molecule has 0 bridgehead atoms. The Labute approximate surface area is 181 Å². The first-order valence-electron chi connectivity index (χ1n) is 9.75. The number of nitro benzene ring substituents is 1. The van der Waals surface area contributed by atoms with E-state index < -0.39 is 28.1 Å². The fraction of sp³-hybridized carbons (Fsp3) is 0.0400. The highest BCUT2D eigenvalue weighted by atomic mass is 16.6. The largest absolute Gasteiger partial charge is 0.289 e. The molecule has 1 aliphatic rings. The van der Waals surface area contributed by atoms with Crippen LogP contribution in [-0.4, -0.2) is 21.5 Å². The Hall–Kier alpha value is -4.70. The molecule has 5 rings (SSSR count). The number of benzene rings is 3. The molecule has 4 aromatic rings. The normalized spacial score (nSPS) is 13.2. The number of rotatable bonds is 3. The molecule has 1 aliphatic carbocycles. The van der Waals surface area contributed by atoms with Gasteiger partial charge in [-0.05, 0) is 23.6 Å². The molecule has 0 radical (unpaired) electrons. The van der Waals surface area contributed by atoms with Gasteiger partial charge in [0.05, 0.1) is 22.2 Å². The number of pyridine rings is 1. The zero-order chi connectivity index (χ0) is 22.4. The molecule has 32 heavy (non-hydrogen) atoms. The van der Waals surface area contributed by atoms with Crippen molar-refractivity contribution < 1.29 is 14.5 Å². The highest BCUT2D eigenvalue weighted by molar-refractivity contribution is 6.29. The average Bonchev–Trinajstić information content (AvgIpc) is 2.82. The number of nitriles is 1. The van der Waals surface area contributed by atoms with Crippen molar-refractivity contribution in [2.45, 2.75) is 5.92 Å². The molecule has 0 N–H and O–H groups in total. The molecule has 0 amide bonds. The van der Waals surface area contributed by atoms with E-state index in [4.69, 9.17) is 0 Å². The van der Waals surface area contributed by atoms with Gasteiger partial charge in [-0.3, -0.25) is 24.7 Å². The number of fused-ring (bicyclic) bond motifs is 3. The summed E-state index contributed by atoms with van der Waals surface area (Å²) in [4.78, 5) is 41.9. The smallest absolute Gasteiger partial charge is 0.286 e. The van der Waals surface area contributed by atoms with Gasteiger partial charge in [-0.15, -0.1) is 0 Å². The van der Waals surface area contributed by atoms with Crippen LogP contribution in [0.4, 0.5) is 5.69 Å². The molecule has 0 spiro atoms. The van der Waals surface area contributed by atoms with Gasteiger partial charge in [-0.25, -0.2) is 0 Å². The van der Waals surface area contributed by atoms with Crippen molar-refractivity contribution in [2.24, 2.45) is 0 Å². The van der Waals surface area contributed by atoms with Gasteiger partial charge in [0, 0.05) is 28.3 Å². The van der Waals surface area contributed by atoms with Crippen molar-refractivity contribution in [2.75, 3.05) is 0 Å². The van der Waals surface area contributed by atoms with Crippen LogP contribution in [0.5, 0.6) is 0 Å². The van der Waals surface area contributed by atoms with Crippen LogP contribution < -0.4 is 0 Å². The minimum absolute atomic E-state index is 0.0274. The number of nitro groups is 1. The van der Waals surface area contributed by atoms with Crippen molar-refractivity contribution in [3.63, 3.8) is 0 Å². The average molecular weight is 419 g/mol. The lowest BCUT2D eigenvalue weighted by Gasteiger charge is -2.19. The van der Waals surface area contributed by atoms with E-state index in [1.54, 1.807) is 24.4 Å². The third-order valence-electron chi connectivity index (χ3n) is 5.67. The quantitative estimate of drug-likeness (QED) is 0.312. The molecular formula is C25H13N3O4. The van der Waals surface area contributed by atoms with Gasteiger partial charge in [0.2, 0.25) is 5.78 Å². The van der Waals surface area contributed by atoms with E-state index in [1.165, 1.54) is 24.3 Å². The van der Waals surface area contributed by atoms with Gasteiger partial charge < -0.3 is 0 Å². The third kappa shape index (κ3) is 2.78. The molecule has 1 heterocycles. The number of aromatic nitrogens is 1. The first-order chi connectivity index (χ1) is 15.5. The van der Waals surface area contributed by atoms with E-state index in [2.05, 4.69) is 11.1 Å². The number of nitrogens with zero attached hydrogens (tertiary/aromatic N) is 3. The summed E-state index contributed by atoms with van der Waals surface area (Å²) in [7, 11) is 0. The molecule has 152 valence electrons. The summed E-state index contributed by atoms with van der Waals surface area (Å²) in [5.74, 6) is -2.15. The van der Waals surface area contributed by atoms with E-state index in [0.717, 1.165) is 10.8 Å². The van der Waals surface area contributed by atoms with Crippen molar-refractivity contribution in [3.8, 4) is 6.07 Å². The maximum Gasteiger partial charge on any atom is 0.286 e. The second-order valence-electron chi connectivity index (χ2n) is 7.41. The number of hydrogen-bond acceptors (Lipinski definition) is 6. The Balaban J connectivity index is 1.74. The van der Waals surface area contributed by atoms with E-state index in [-0.39, 0.29) is 27.8 Å². The van der Waals surface area contributed by atoms with Crippen LogP contribution in [0, 0.1) is 21.4 Å². The second-order valence-corrected chi connectivity index (χ2v) is 7.41. The van der Waals surface area contributed by atoms with Crippen LogP contribution in [0.3, 0.4) is 0 Å². The number of carbonyl (C=O) groups is 2. The van der Waals surface area contributed by atoms with Gasteiger partial charge >= 0.3 is 0 Å².